The Balaban J connectivity index is 5.26. The van der Waals surface area contributed by atoms with E-state index < -0.39 is 97.5 Å². The van der Waals surface area contributed by atoms with Gasteiger partial charge in [-0.1, -0.05) is 350 Å². The standard InChI is InChI=1S/C77H150O17P2/c1-7-9-11-13-15-17-19-21-22-23-26-30-36-42-48-54-60-75(80)88-65-72(93-76(81)61-55-49-43-37-31-27-24-25-28-33-39-45-51-57-69(3)4)67-91-95(83,84)89-63-71(78)64-90-96(85,86)92-68-73(94-77(82)62-56-50-44-38-32-34-40-46-52-58-70(5)6)66-87-74(79)59-53-47-41-35-29-20-18-16-14-12-10-8-2/h69-73,78H,7-68H2,1-6H3,(H,83,84)(H,85,86)/t71-,72-,73-/m1/s1. The van der Waals surface area contributed by atoms with Gasteiger partial charge in [-0.2, -0.15) is 0 Å². The zero-order chi connectivity index (χ0) is 70.7. The monoisotopic (exact) mass is 1410 g/mol. The van der Waals surface area contributed by atoms with Crippen molar-refractivity contribution in [2.75, 3.05) is 39.6 Å². The SMILES string of the molecule is CCCCCCCCCCCCCCCCCCC(=O)OC[C@H](COP(=O)(O)OC[C@@H](O)COP(=O)(O)OC[C@@H](COC(=O)CCCCCCCCCCCCCC)OC(=O)CCCCCCCCCCCC(C)C)OC(=O)CCCCCCCCCCCCCCCC(C)C. The predicted molar refractivity (Wildman–Crippen MR) is 391 cm³/mol. The Kier molecular flexibility index (Phi) is 67.4. The van der Waals surface area contributed by atoms with Gasteiger partial charge in [0, 0.05) is 25.7 Å². The van der Waals surface area contributed by atoms with Crippen LogP contribution in [0.15, 0.2) is 0 Å². The first-order valence-electron chi connectivity index (χ1n) is 40.0. The number of hydrogen-bond acceptors (Lipinski definition) is 15. The van der Waals surface area contributed by atoms with E-state index in [0.717, 1.165) is 102 Å². The number of aliphatic hydroxyl groups is 1. The molecule has 0 spiro atoms. The molecule has 0 aliphatic heterocycles. The molecule has 0 radical (unpaired) electrons. The number of hydrogen-bond donors (Lipinski definition) is 3. The molecule has 0 aromatic carbocycles. The third-order valence-electron chi connectivity index (χ3n) is 18.0. The molecule has 3 N–H and O–H groups in total. The largest absolute Gasteiger partial charge is 0.472 e. The molecule has 0 aliphatic carbocycles. The highest BCUT2D eigenvalue weighted by atomic mass is 31.2. The molecule has 0 bridgehead atoms. The van der Waals surface area contributed by atoms with Gasteiger partial charge in [-0.25, -0.2) is 9.13 Å². The summed E-state index contributed by atoms with van der Waals surface area (Å²) in [5.41, 5.74) is 0. The van der Waals surface area contributed by atoms with Gasteiger partial charge >= 0.3 is 39.5 Å². The maximum absolute atomic E-state index is 13.1. The lowest BCUT2D eigenvalue weighted by Gasteiger charge is -2.21. The fraction of sp³-hybridized carbons (Fsp3) is 0.948. The molecule has 570 valence electrons. The van der Waals surface area contributed by atoms with Crippen LogP contribution in [0.1, 0.15) is 401 Å². The van der Waals surface area contributed by atoms with Crippen LogP contribution in [0.3, 0.4) is 0 Å². The van der Waals surface area contributed by atoms with Gasteiger partial charge in [-0.15, -0.1) is 0 Å². The van der Waals surface area contributed by atoms with Crippen molar-refractivity contribution in [2.45, 2.75) is 419 Å². The number of carbonyl (C=O) groups is 4. The Morgan fingerprint density at radius 1 is 0.281 bits per heavy atom. The molecule has 0 aromatic heterocycles. The smallest absolute Gasteiger partial charge is 0.462 e. The summed E-state index contributed by atoms with van der Waals surface area (Å²) in [7, 11) is -9.91. The summed E-state index contributed by atoms with van der Waals surface area (Å²) < 4.78 is 68.6. The van der Waals surface area contributed by atoms with E-state index in [4.69, 9.17) is 37.0 Å². The van der Waals surface area contributed by atoms with Crippen molar-refractivity contribution in [3.63, 3.8) is 0 Å². The molecule has 0 saturated carbocycles. The first-order valence-corrected chi connectivity index (χ1v) is 43.0. The van der Waals surface area contributed by atoms with Gasteiger partial charge in [0.1, 0.15) is 19.3 Å². The van der Waals surface area contributed by atoms with Crippen LogP contribution >= 0.6 is 15.6 Å². The normalized spacial score (nSPS) is 14.0. The number of rotatable bonds is 76. The summed E-state index contributed by atoms with van der Waals surface area (Å²) in [5.74, 6) is -0.589. The number of aliphatic hydroxyl groups excluding tert-OH is 1. The van der Waals surface area contributed by atoms with E-state index in [1.165, 1.54) is 218 Å². The molecule has 0 saturated heterocycles. The van der Waals surface area contributed by atoms with E-state index in [0.29, 0.717) is 25.7 Å². The first kappa shape index (κ1) is 94.1. The Labute approximate surface area is 588 Å². The van der Waals surface area contributed by atoms with E-state index in [2.05, 4.69) is 41.5 Å². The highest BCUT2D eigenvalue weighted by Crippen LogP contribution is 2.45. The van der Waals surface area contributed by atoms with Gasteiger partial charge in [-0.05, 0) is 37.5 Å². The van der Waals surface area contributed by atoms with Crippen LogP contribution in [0.25, 0.3) is 0 Å². The lowest BCUT2D eigenvalue weighted by molar-refractivity contribution is -0.161. The molecule has 0 amide bonds. The minimum Gasteiger partial charge on any atom is -0.462 e. The number of esters is 4. The van der Waals surface area contributed by atoms with Crippen LogP contribution in [0.2, 0.25) is 0 Å². The second-order valence-electron chi connectivity index (χ2n) is 28.7. The molecule has 0 heterocycles. The molecule has 17 nitrogen and oxygen atoms in total. The van der Waals surface area contributed by atoms with Gasteiger partial charge in [0.15, 0.2) is 12.2 Å². The molecule has 2 unspecified atom stereocenters. The number of phosphoric ester groups is 2. The first-order chi connectivity index (χ1) is 46.4. The molecule has 0 rings (SSSR count). The van der Waals surface area contributed by atoms with E-state index in [9.17, 15) is 43.2 Å². The number of unbranched alkanes of at least 4 members (excludes halogenated alkanes) is 46. The van der Waals surface area contributed by atoms with Crippen molar-refractivity contribution in [3.8, 4) is 0 Å². The number of ether oxygens (including phenoxy) is 4. The van der Waals surface area contributed by atoms with Gasteiger partial charge in [0.05, 0.1) is 26.4 Å². The van der Waals surface area contributed by atoms with Crippen LogP contribution in [0.4, 0.5) is 0 Å². The summed E-state index contributed by atoms with van der Waals surface area (Å²) in [4.78, 5) is 72.9. The average Bonchev–Trinajstić information content (AvgIpc) is 2.76. The van der Waals surface area contributed by atoms with Crippen LogP contribution in [-0.2, 0) is 65.4 Å². The van der Waals surface area contributed by atoms with Crippen molar-refractivity contribution < 1.29 is 80.2 Å². The highest BCUT2D eigenvalue weighted by Gasteiger charge is 2.30. The van der Waals surface area contributed by atoms with Crippen LogP contribution in [0, 0.1) is 11.8 Å². The van der Waals surface area contributed by atoms with Gasteiger partial charge < -0.3 is 33.8 Å². The zero-order valence-electron chi connectivity index (χ0n) is 62.7. The number of carbonyl (C=O) groups excluding carboxylic acids is 4. The van der Waals surface area contributed by atoms with Crippen LogP contribution in [-0.4, -0.2) is 96.7 Å². The Hall–Kier alpha value is -1.94. The molecule has 19 heteroatoms. The molecule has 5 atom stereocenters. The summed E-state index contributed by atoms with van der Waals surface area (Å²) in [6.07, 6.45) is 56.8. The average molecular weight is 1410 g/mol. The Morgan fingerprint density at radius 2 is 0.479 bits per heavy atom. The second-order valence-corrected chi connectivity index (χ2v) is 31.6. The maximum atomic E-state index is 13.1. The van der Waals surface area contributed by atoms with Crippen molar-refractivity contribution in [3.05, 3.63) is 0 Å². The van der Waals surface area contributed by atoms with E-state index in [1.54, 1.807) is 0 Å². The van der Waals surface area contributed by atoms with E-state index >= 15 is 0 Å². The third kappa shape index (κ3) is 70.5. The zero-order valence-corrected chi connectivity index (χ0v) is 64.5. The number of phosphoric acid groups is 2. The molecular weight excluding hydrogens is 1260 g/mol. The molecule has 0 aromatic rings. The molecular formula is C77H150O17P2. The maximum Gasteiger partial charge on any atom is 0.472 e. The van der Waals surface area contributed by atoms with Crippen LogP contribution < -0.4 is 0 Å². The lowest BCUT2D eigenvalue weighted by atomic mass is 10.0. The summed E-state index contributed by atoms with van der Waals surface area (Å²) in [6.45, 7) is 9.60. The van der Waals surface area contributed by atoms with Gasteiger partial charge in [0.2, 0.25) is 0 Å². The molecule has 0 fully saturated rings. The van der Waals surface area contributed by atoms with Crippen molar-refractivity contribution >= 4 is 39.5 Å². The summed E-state index contributed by atoms with van der Waals surface area (Å²) in [5, 5.41) is 10.6. The molecule has 96 heavy (non-hydrogen) atoms. The third-order valence-corrected chi connectivity index (χ3v) is 19.9. The van der Waals surface area contributed by atoms with Crippen LogP contribution in [0.5, 0.6) is 0 Å². The van der Waals surface area contributed by atoms with E-state index in [1.807, 2.05) is 0 Å². The quantitative estimate of drug-likeness (QED) is 0.0222. The minimum atomic E-state index is -4.96. The second kappa shape index (κ2) is 68.8. The van der Waals surface area contributed by atoms with Gasteiger partial charge in [-0.3, -0.25) is 37.3 Å². The Bertz CT molecular complexity index is 1860. The van der Waals surface area contributed by atoms with Gasteiger partial charge in [0.25, 0.3) is 0 Å². The summed E-state index contributed by atoms with van der Waals surface area (Å²) >= 11 is 0. The van der Waals surface area contributed by atoms with Crippen molar-refractivity contribution in [2.24, 2.45) is 11.8 Å². The Morgan fingerprint density at radius 3 is 0.708 bits per heavy atom. The predicted octanol–water partition coefficient (Wildman–Crippen LogP) is 22.7. The topological polar surface area (TPSA) is 237 Å². The highest BCUT2D eigenvalue weighted by molar-refractivity contribution is 7.47. The minimum absolute atomic E-state index is 0.106. The summed E-state index contributed by atoms with van der Waals surface area (Å²) in [6, 6.07) is 0. The fourth-order valence-corrected chi connectivity index (χ4v) is 13.4. The molecule has 0 aliphatic rings. The fourth-order valence-electron chi connectivity index (χ4n) is 11.8. The van der Waals surface area contributed by atoms with E-state index in [-0.39, 0.29) is 25.7 Å². The van der Waals surface area contributed by atoms with Crippen molar-refractivity contribution in [1.29, 1.82) is 0 Å². The van der Waals surface area contributed by atoms with Crippen molar-refractivity contribution in [1.82, 2.24) is 0 Å². The lowest BCUT2D eigenvalue weighted by Crippen LogP contribution is -2.30.